The molecule has 174 valence electrons. The van der Waals surface area contributed by atoms with E-state index in [1.54, 1.807) is 39.3 Å². The van der Waals surface area contributed by atoms with Crippen LogP contribution < -0.4 is 10.1 Å². The van der Waals surface area contributed by atoms with E-state index in [9.17, 15) is 14.0 Å². The summed E-state index contributed by atoms with van der Waals surface area (Å²) in [6.07, 6.45) is 1.69. The van der Waals surface area contributed by atoms with Gasteiger partial charge in [0.2, 0.25) is 5.91 Å². The number of carbonyl (C=O) groups is 2. The summed E-state index contributed by atoms with van der Waals surface area (Å²) in [5.74, 6) is -0.0976. The molecule has 0 saturated carbocycles. The summed E-state index contributed by atoms with van der Waals surface area (Å²) >= 11 is 1.66. The number of para-hydroxylation sites is 1. The number of hydrogen-bond donors (Lipinski definition) is 1. The van der Waals surface area contributed by atoms with E-state index in [4.69, 9.17) is 4.74 Å². The molecule has 1 aromatic carbocycles. The second-order valence-corrected chi connectivity index (χ2v) is 9.12. The van der Waals surface area contributed by atoms with Crippen LogP contribution in [0.5, 0.6) is 5.75 Å². The van der Waals surface area contributed by atoms with E-state index in [2.05, 4.69) is 19.2 Å². The highest BCUT2D eigenvalue weighted by atomic mass is 32.1. The molecule has 1 aliphatic heterocycles. The summed E-state index contributed by atoms with van der Waals surface area (Å²) < 4.78 is 19.9. The maximum atomic E-state index is 14.1. The molecule has 2 aromatic rings. The van der Waals surface area contributed by atoms with Crippen LogP contribution in [0.15, 0.2) is 35.7 Å². The lowest BCUT2D eigenvalue weighted by molar-refractivity contribution is -0.135. The summed E-state index contributed by atoms with van der Waals surface area (Å²) in [7, 11) is 0. The Morgan fingerprint density at radius 2 is 2.09 bits per heavy atom. The quantitative estimate of drug-likeness (QED) is 0.599. The van der Waals surface area contributed by atoms with Gasteiger partial charge in [0.1, 0.15) is 13.2 Å². The van der Waals surface area contributed by atoms with E-state index in [1.807, 2.05) is 18.4 Å². The van der Waals surface area contributed by atoms with Crippen LogP contribution in [0.3, 0.4) is 0 Å². The number of amides is 3. The van der Waals surface area contributed by atoms with Crippen molar-refractivity contribution < 1.29 is 18.7 Å². The molecule has 8 heteroatoms. The molecule has 2 heterocycles. The van der Waals surface area contributed by atoms with Gasteiger partial charge in [-0.05, 0) is 48.4 Å². The number of halogens is 1. The maximum absolute atomic E-state index is 14.1. The molecule has 0 spiro atoms. The molecule has 32 heavy (non-hydrogen) atoms. The standard InChI is InChI=1S/C24H32FN3O3S/c1-4-17(3)14-27(24(30)26-5-2)15-23(29)28-12-10-22-18(11-13-32-22)20(28)16-31-21-9-7-6-8-19(21)25/h6-9,11,13,17,20H,4-5,10,12,14-16H2,1-3H3,(H,26,30)/t17-,20+/m1/s1. The van der Waals surface area contributed by atoms with Crippen LogP contribution in [0.1, 0.15) is 43.7 Å². The second kappa shape index (κ2) is 11.3. The number of nitrogens with zero attached hydrogens (tertiary/aromatic N) is 2. The fourth-order valence-electron chi connectivity index (χ4n) is 3.85. The average molecular weight is 462 g/mol. The normalized spacial score (nSPS) is 16.2. The molecule has 1 N–H and O–H groups in total. The summed E-state index contributed by atoms with van der Waals surface area (Å²) in [5.41, 5.74) is 1.04. The van der Waals surface area contributed by atoms with Crippen molar-refractivity contribution in [3.8, 4) is 5.75 Å². The number of carbonyl (C=O) groups excluding carboxylic acids is 2. The maximum Gasteiger partial charge on any atom is 0.317 e. The Labute approximate surface area is 193 Å². The Morgan fingerprint density at radius 3 is 2.81 bits per heavy atom. The summed E-state index contributed by atoms with van der Waals surface area (Å²) in [6, 6.07) is 7.73. The number of urea groups is 1. The largest absolute Gasteiger partial charge is 0.488 e. The van der Waals surface area contributed by atoms with Crippen molar-refractivity contribution in [2.24, 2.45) is 5.92 Å². The molecule has 3 amide bonds. The Balaban J connectivity index is 1.77. The molecule has 3 rings (SSSR count). The van der Waals surface area contributed by atoms with Crippen LogP contribution >= 0.6 is 11.3 Å². The van der Waals surface area contributed by atoms with Gasteiger partial charge >= 0.3 is 6.03 Å². The van der Waals surface area contributed by atoms with Crippen LogP contribution in [0.4, 0.5) is 9.18 Å². The van der Waals surface area contributed by atoms with Gasteiger partial charge in [-0.2, -0.15) is 0 Å². The van der Waals surface area contributed by atoms with Crippen LogP contribution in [0.2, 0.25) is 0 Å². The van der Waals surface area contributed by atoms with Crippen LogP contribution in [0, 0.1) is 11.7 Å². The molecule has 1 aromatic heterocycles. The fraction of sp³-hybridized carbons (Fsp3) is 0.500. The lowest BCUT2D eigenvalue weighted by Gasteiger charge is -2.37. The van der Waals surface area contributed by atoms with Gasteiger partial charge in [0, 0.05) is 24.5 Å². The zero-order valence-corrected chi connectivity index (χ0v) is 19.8. The zero-order valence-electron chi connectivity index (χ0n) is 19.0. The number of fused-ring (bicyclic) bond motifs is 1. The Kier molecular flexibility index (Phi) is 8.50. The van der Waals surface area contributed by atoms with Crippen molar-refractivity contribution in [3.63, 3.8) is 0 Å². The van der Waals surface area contributed by atoms with Gasteiger partial charge in [0.05, 0.1) is 6.04 Å². The molecule has 0 unspecified atom stereocenters. The lowest BCUT2D eigenvalue weighted by Crippen LogP contribution is -2.50. The third-order valence-electron chi connectivity index (χ3n) is 5.82. The number of thiophene rings is 1. The van der Waals surface area contributed by atoms with Crippen molar-refractivity contribution in [2.75, 3.05) is 32.8 Å². The van der Waals surface area contributed by atoms with Gasteiger partial charge in [-0.3, -0.25) is 4.79 Å². The number of benzene rings is 1. The number of nitrogens with one attached hydrogen (secondary N) is 1. The first-order chi connectivity index (χ1) is 15.4. The van der Waals surface area contributed by atoms with E-state index in [0.717, 1.165) is 18.4 Å². The topological polar surface area (TPSA) is 61.9 Å². The van der Waals surface area contributed by atoms with Crippen LogP contribution in [-0.4, -0.2) is 54.5 Å². The van der Waals surface area contributed by atoms with Crippen LogP contribution in [-0.2, 0) is 11.2 Å². The van der Waals surface area contributed by atoms with Gasteiger partial charge in [0.15, 0.2) is 11.6 Å². The molecule has 0 saturated heterocycles. The highest BCUT2D eigenvalue weighted by Crippen LogP contribution is 2.34. The minimum Gasteiger partial charge on any atom is -0.488 e. The van der Waals surface area contributed by atoms with Gasteiger partial charge in [0.25, 0.3) is 0 Å². The third-order valence-corrected chi connectivity index (χ3v) is 6.82. The fourth-order valence-corrected chi connectivity index (χ4v) is 4.78. The van der Waals surface area contributed by atoms with E-state index in [1.165, 1.54) is 10.9 Å². The summed E-state index contributed by atoms with van der Waals surface area (Å²) in [6.45, 7) is 7.73. The molecule has 0 aliphatic carbocycles. The minimum absolute atomic E-state index is 0.00580. The van der Waals surface area contributed by atoms with E-state index < -0.39 is 5.82 Å². The monoisotopic (exact) mass is 461 g/mol. The molecule has 1 aliphatic rings. The predicted octanol–water partition coefficient (Wildman–Crippen LogP) is 4.47. The Morgan fingerprint density at radius 1 is 1.31 bits per heavy atom. The minimum atomic E-state index is -0.428. The van der Waals surface area contributed by atoms with E-state index in [0.29, 0.717) is 19.6 Å². The zero-order chi connectivity index (χ0) is 23.1. The van der Waals surface area contributed by atoms with Gasteiger partial charge < -0.3 is 19.9 Å². The highest BCUT2D eigenvalue weighted by molar-refractivity contribution is 7.10. The molecular formula is C24H32FN3O3S. The molecule has 0 bridgehead atoms. The van der Waals surface area contributed by atoms with Crippen molar-refractivity contribution in [3.05, 3.63) is 52.0 Å². The van der Waals surface area contributed by atoms with Crippen molar-refractivity contribution in [1.29, 1.82) is 0 Å². The van der Waals surface area contributed by atoms with Crippen molar-refractivity contribution in [1.82, 2.24) is 15.1 Å². The van der Waals surface area contributed by atoms with E-state index in [-0.39, 0.29) is 42.8 Å². The third kappa shape index (κ3) is 5.79. The molecule has 0 fully saturated rings. The van der Waals surface area contributed by atoms with Crippen LogP contribution in [0.25, 0.3) is 0 Å². The van der Waals surface area contributed by atoms with Gasteiger partial charge in [-0.1, -0.05) is 32.4 Å². The van der Waals surface area contributed by atoms with Crippen molar-refractivity contribution >= 4 is 23.3 Å². The smallest absolute Gasteiger partial charge is 0.317 e. The molecule has 0 radical (unpaired) electrons. The highest BCUT2D eigenvalue weighted by Gasteiger charge is 2.33. The summed E-state index contributed by atoms with van der Waals surface area (Å²) in [5, 5.41) is 4.82. The van der Waals surface area contributed by atoms with Gasteiger partial charge in [-0.15, -0.1) is 11.3 Å². The lowest BCUT2D eigenvalue weighted by atomic mass is 10.00. The second-order valence-electron chi connectivity index (χ2n) is 8.12. The molecule has 6 nitrogen and oxygen atoms in total. The van der Waals surface area contributed by atoms with E-state index >= 15 is 0 Å². The first kappa shape index (κ1) is 24.0. The first-order valence-corrected chi connectivity index (χ1v) is 12.1. The Hall–Kier alpha value is -2.61. The predicted molar refractivity (Wildman–Crippen MR) is 124 cm³/mol. The first-order valence-electron chi connectivity index (χ1n) is 11.2. The molecule has 2 atom stereocenters. The summed E-state index contributed by atoms with van der Waals surface area (Å²) in [4.78, 5) is 30.6. The number of hydrogen-bond acceptors (Lipinski definition) is 4. The molecular weight excluding hydrogens is 429 g/mol. The average Bonchev–Trinajstić information content (AvgIpc) is 3.27. The number of ether oxygens (including phenoxy) is 1. The number of rotatable bonds is 9. The SMILES string of the molecule is CCNC(=O)N(CC(=O)N1CCc2sccc2[C@@H]1COc1ccccc1F)C[C@H](C)CC. The Bertz CT molecular complexity index is 919. The van der Waals surface area contributed by atoms with Crippen molar-refractivity contribution in [2.45, 2.75) is 39.7 Å². The van der Waals surface area contributed by atoms with Gasteiger partial charge in [-0.25, -0.2) is 9.18 Å².